The van der Waals surface area contributed by atoms with Gasteiger partial charge in [-0.25, -0.2) is 4.98 Å². The van der Waals surface area contributed by atoms with Gasteiger partial charge in [0, 0.05) is 23.9 Å². The second-order valence-electron chi connectivity index (χ2n) is 7.30. The van der Waals surface area contributed by atoms with Crippen molar-refractivity contribution in [3.8, 4) is 0 Å². The van der Waals surface area contributed by atoms with Crippen molar-refractivity contribution in [1.82, 2.24) is 9.88 Å². The fourth-order valence-corrected chi connectivity index (χ4v) is 4.01. The summed E-state index contributed by atoms with van der Waals surface area (Å²) < 4.78 is 5.85. The van der Waals surface area contributed by atoms with Gasteiger partial charge in [0.1, 0.15) is 0 Å². The van der Waals surface area contributed by atoms with Crippen LogP contribution in [0.5, 0.6) is 0 Å². The van der Waals surface area contributed by atoms with Crippen LogP contribution in [-0.2, 0) is 0 Å². The second kappa shape index (κ2) is 5.76. The fraction of sp³-hybridized carbons (Fsp3) is 0.500. The number of hydrogen-bond acceptors (Lipinski definition) is 3. The highest BCUT2D eigenvalue weighted by atomic mass is 16.4. The number of aryl methyl sites for hydroxylation is 1. The minimum atomic E-state index is -0.00895. The van der Waals surface area contributed by atoms with Gasteiger partial charge in [0.25, 0.3) is 5.91 Å². The van der Waals surface area contributed by atoms with Crippen LogP contribution < -0.4 is 0 Å². The molecule has 1 amide bonds. The second-order valence-corrected chi connectivity index (χ2v) is 7.30. The molecule has 1 aliphatic carbocycles. The summed E-state index contributed by atoms with van der Waals surface area (Å²) in [6.45, 7) is 6.15. The van der Waals surface area contributed by atoms with Crippen molar-refractivity contribution < 1.29 is 9.21 Å². The van der Waals surface area contributed by atoms with Crippen molar-refractivity contribution in [1.29, 1.82) is 0 Å². The molecule has 0 radical (unpaired) electrons. The summed E-state index contributed by atoms with van der Waals surface area (Å²) in [4.78, 5) is 19.6. The topological polar surface area (TPSA) is 46.3 Å². The van der Waals surface area contributed by atoms with Crippen LogP contribution in [0.1, 0.15) is 72.6 Å². The predicted octanol–water partition coefficient (Wildman–Crippen LogP) is 4.27. The van der Waals surface area contributed by atoms with E-state index < -0.39 is 0 Å². The van der Waals surface area contributed by atoms with Crippen molar-refractivity contribution in [3.05, 3.63) is 53.2 Å². The maximum atomic E-state index is 13.1. The van der Waals surface area contributed by atoms with E-state index in [1.807, 2.05) is 17.9 Å². The number of rotatable bonds is 3. The predicted molar refractivity (Wildman–Crippen MR) is 92.1 cm³/mol. The molecule has 1 saturated heterocycles. The van der Waals surface area contributed by atoms with E-state index in [4.69, 9.17) is 4.42 Å². The Morgan fingerprint density at radius 3 is 2.58 bits per heavy atom. The van der Waals surface area contributed by atoms with Crippen LogP contribution in [0.25, 0.3) is 0 Å². The molecule has 1 aliphatic heterocycles. The quantitative estimate of drug-likeness (QED) is 0.847. The lowest BCUT2D eigenvalue weighted by Crippen LogP contribution is -2.39. The Hall–Kier alpha value is -2.10. The Kier molecular flexibility index (Phi) is 3.70. The third-order valence-electron chi connectivity index (χ3n) is 5.49. The minimum Gasteiger partial charge on any atom is -0.435 e. The van der Waals surface area contributed by atoms with Crippen molar-refractivity contribution in [2.45, 2.75) is 64.0 Å². The van der Waals surface area contributed by atoms with E-state index in [0.29, 0.717) is 17.6 Å². The van der Waals surface area contributed by atoms with Crippen molar-refractivity contribution in [3.63, 3.8) is 0 Å². The van der Waals surface area contributed by atoms with Gasteiger partial charge in [-0.1, -0.05) is 30.3 Å². The number of hydrogen-bond donors (Lipinski definition) is 0. The lowest BCUT2D eigenvalue weighted by molar-refractivity contribution is 0.0652. The monoisotopic (exact) mass is 324 g/mol. The number of oxazole rings is 1. The van der Waals surface area contributed by atoms with Crippen LogP contribution >= 0.6 is 0 Å². The van der Waals surface area contributed by atoms with Gasteiger partial charge in [0.05, 0.1) is 5.69 Å². The van der Waals surface area contributed by atoms with Crippen LogP contribution in [0.3, 0.4) is 0 Å². The Balaban J connectivity index is 1.60. The molecule has 2 heterocycles. The largest absolute Gasteiger partial charge is 0.435 e. The molecule has 0 unspecified atom stereocenters. The van der Waals surface area contributed by atoms with Gasteiger partial charge < -0.3 is 9.32 Å². The van der Waals surface area contributed by atoms with Gasteiger partial charge in [-0.15, -0.1) is 0 Å². The number of amides is 1. The zero-order valence-corrected chi connectivity index (χ0v) is 14.5. The Morgan fingerprint density at radius 2 is 1.92 bits per heavy atom. The molecule has 1 saturated carbocycles. The molecule has 4 nitrogen and oxygen atoms in total. The standard InChI is InChI=1S/C20H24N2O2/c1-12-11-17(15-7-5-4-6-8-15)14(3)22(12)20(23)18-13(2)21-19(24-18)16-9-10-16/h4-8,12,14,16-17H,9-11H2,1-3H3/t12-,14+,17-/m1/s1. The van der Waals surface area contributed by atoms with Gasteiger partial charge in [-0.2, -0.15) is 0 Å². The number of carbonyl (C=O) groups is 1. The molecule has 4 heteroatoms. The van der Waals surface area contributed by atoms with Crippen molar-refractivity contribution in [2.24, 2.45) is 0 Å². The summed E-state index contributed by atoms with van der Waals surface area (Å²) in [5.41, 5.74) is 2.03. The average Bonchev–Trinajstić information content (AvgIpc) is 3.29. The zero-order chi connectivity index (χ0) is 16.8. The van der Waals surface area contributed by atoms with Crippen LogP contribution in [0.4, 0.5) is 0 Å². The molecule has 1 aromatic heterocycles. The van der Waals surface area contributed by atoms with Gasteiger partial charge in [0.2, 0.25) is 5.76 Å². The highest BCUT2D eigenvalue weighted by molar-refractivity contribution is 5.93. The molecule has 24 heavy (non-hydrogen) atoms. The minimum absolute atomic E-state index is 0.00895. The molecule has 2 aliphatic rings. The SMILES string of the molecule is Cc1nc(C2CC2)oc1C(=O)N1[C@H](C)C[C@@H](c2ccccc2)[C@@H]1C. The van der Waals surface area contributed by atoms with Gasteiger partial charge in [-0.05, 0) is 45.6 Å². The number of likely N-dealkylation sites (tertiary alicyclic amines) is 1. The molecular weight excluding hydrogens is 300 g/mol. The first-order valence-corrected chi connectivity index (χ1v) is 8.91. The number of aromatic nitrogens is 1. The summed E-state index contributed by atoms with van der Waals surface area (Å²) in [6, 6.07) is 10.8. The highest BCUT2D eigenvalue weighted by Gasteiger charge is 2.42. The molecule has 126 valence electrons. The lowest BCUT2D eigenvalue weighted by atomic mass is 9.92. The van der Waals surface area contributed by atoms with E-state index in [0.717, 1.165) is 30.8 Å². The molecule has 2 fully saturated rings. The lowest BCUT2D eigenvalue weighted by Gasteiger charge is -2.27. The Bertz CT molecular complexity index is 748. The smallest absolute Gasteiger partial charge is 0.292 e. The first kappa shape index (κ1) is 15.4. The molecule has 3 atom stereocenters. The molecular formula is C20H24N2O2. The van der Waals surface area contributed by atoms with E-state index in [1.165, 1.54) is 5.56 Å². The Morgan fingerprint density at radius 1 is 1.21 bits per heavy atom. The molecule has 0 spiro atoms. The molecule has 0 N–H and O–H groups in total. The number of nitrogens with zero attached hydrogens (tertiary/aromatic N) is 2. The molecule has 4 rings (SSSR count). The molecule has 2 aromatic rings. The summed E-state index contributed by atoms with van der Waals surface area (Å²) >= 11 is 0. The van der Waals surface area contributed by atoms with Crippen LogP contribution in [0, 0.1) is 6.92 Å². The van der Waals surface area contributed by atoms with E-state index >= 15 is 0 Å². The van der Waals surface area contributed by atoms with Crippen molar-refractivity contribution >= 4 is 5.91 Å². The van der Waals surface area contributed by atoms with E-state index in [1.54, 1.807) is 0 Å². The normalized spacial score (nSPS) is 26.8. The summed E-state index contributed by atoms with van der Waals surface area (Å²) in [5.74, 6) is 1.97. The first-order valence-electron chi connectivity index (χ1n) is 8.91. The van der Waals surface area contributed by atoms with Gasteiger partial charge in [0.15, 0.2) is 5.89 Å². The van der Waals surface area contributed by atoms with Crippen LogP contribution in [0.2, 0.25) is 0 Å². The van der Waals surface area contributed by atoms with Gasteiger partial charge in [-0.3, -0.25) is 4.79 Å². The van der Waals surface area contributed by atoms with Crippen molar-refractivity contribution in [2.75, 3.05) is 0 Å². The molecule has 0 bridgehead atoms. The summed E-state index contributed by atoms with van der Waals surface area (Å²) in [6.07, 6.45) is 3.24. The number of benzene rings is 1. The maximum absolute atomic E-state index is 13.1. The maximum Gasteiger partial charge on any atom is 0.292 e. The third-order valence-corrected chi connectivity index (χ3v) is 5.49. The van der Waals surface area contributed by atoms with E-state index in [-0.39, 0.29) is 18.0 Å². The third kappa shape index (κ3) is 2.54. The van der Waals surface area contributed by atoms with E-state index in [9.17, 15) is 4.79 Å². The summed E-state index contributed by atoms with van der Waals surface area (Å²) in [7, 11) is 0. The van der Waals surface area contributed by atoms with Gasteiger partial charge >= 0.3 is 0 Å². The highest BCUT2D eigenvalue weighted by Crippen LogP contribution is 2.41. The fourth-order valence-electron chi connectivity index (χ4n) is 4.01. The van der Waals surface area contributed by atoms with E-state index in [2.05, 4.69) is 43.1 Å². The average molecular weight is 324 g/mol. The summed E-state index contributed by atoms with van der Waals surface area (Å²) in [5, 5.41) is 0. The Labute approximate surface area is 142 Å². The van der Waals surface area contributed by atoms with Crippen LogP contribution in [-0.4, -0.2) is 27.9 Å². The number of carbonyl (C=O) groups excluding carboxylic acids is 1. The molecule has 1 aromatic carbocycles. The zero-order valence-electron chi connectivity index (χ0n) is 14.5. The van der Waals surface area contributed by atoms with Crippen LogP contribution in [0.15, 0.2) is 34.7 Å². The first-order chi connectivity index (χ1) is 11.6.